The number of fused-ring (bicyclic) bond motifs is 3. The van der Waals surface area contributed by atoms with Gasteiger partial charge in [-0.05, 0) is 108 Å². The number of likely N-dealkylation sites (N-methyl/N-ethyl adjacent to an activating group) is 2. The van der Waals surface area contributed by atoms with E-state index in [-0.39, 0.29) is 54.9 Å². The second-order valence-corrected chi connectivity index (χ2v) is 27.0. The maximum atomic E-state index is 14.7. The van der Waals surface area contributed by atoms with Crippen molar-refractivity contribution in [3.05, 3.63) is 101 Å². The molecule has 4 amide bonds. The third-order valence-electron chi connectivity index (χ3n) is 18.8. The number of nitriles is 1. The zero-order valence-corrected chi connectivity index (χ0v) is 55.3. The van der Waals surface area contributed by atoms with Gasteiger partial charge in [0.15, 0.2) is 0 Å². The zero-order valence-electron chi connectivity index (χ0n) is 54.5. The molecule has 1 aliphatic carbocycles. The number of nitrogens with zero attached hydrogens (tertiary/aromatic N) is 10. The summed E-state index contributed by atoms with van der Waals surface area (Å²) in [5, 5.41) is 29.9. The van der Waals surface area contributed by atoms with E-state index in [9.17, 15) is 29.5 Å². The van der Waals surface area contributed by atoms with Crippen LogP contribution in [0, 0.1) is 17.2 Å². The van der Waals surface area contributed by atoms with Gasteiger partial charge in [0.2, 0.25) is 11.8 Å². The van der Waals surface area contributed by atoms with E-state index in [2.05, 4.69) is 87.0 Å². The van der Waals surface area contributed by atoms with Crippen LogP contribution in [0.1, 0.15) is 108 Å². The number of benzene rings is 4. The van der Waals surface area contributed by atoms with Crippen LogP contribution in [0.4, 0.5) is 21.1 Å². The third-order valence-corrected chi connectivity index (χ3v) is 19.8. The van der Waals surface area contributed by atoms with Gasteiger partial charge in [-0.15, -0.1) is 11.3 Å². The highest BCUT2D eigenvalue weighted by molar-refractivity contribution is 7.10. The number of piperazine rings is 1. The van der Waals surface area contributed by atoms with Gasteiger partial charge in [0.1, 0.15) is 47.5 Å². The number of carbonyl (C=O) groups is 4. The Morgan fingerprint density at radius 3 is 2.30 bits per heavy atom. The first-order chi connectivity index (χ1) is 45.0. The molecule has 1 saturated carbocycles. The molecule has 11 rings (SSSR count). The Hall–Kier alpha value is -7.88. The first kappa shape index (κ1) is 66.6. The fraction of sp³-hybridized carbons (Fsp3) is 0.543. The van der Waals surface area contributed by atoms with Crippen molar-refractivity contribution < 1.29 is 52.7 Å². The van der Waals surface area contributed by atoms with Crippen molar-refractivity contribution in [1.29, 1.82) is 5.26 Å². The summed E-state index contributed by atoms with van der Waals surface area (Å²) in [6, 6.07) is 27.2. The number of rotatable bonds is 24. The minimum Gasteiger partial charge on any atom is -0.491 e. The van der Waals surface area contributed by atoms with Crippen molar-refractivity contribution in [2.24, 2.45) is 5.92 Å². The number of hydrogen-bond acceptors (Lipinski definition) is 18. The van der Waals surface area contributed by atoms with Crippen LogP contribution in [0.2, 0.25) is 0 Å². The highest BCUT2D eigenvalue weighted by atomic mass is 32.1. The summed E-state index contributed by atoms with van der Waals surface area (Å²) in [4.78, 5) is 80.1. The smallest absolute Gasteiger partial charge is 0.410 e. The molecule has 5 aliphatic rings. The summed E-state index contributed by atoms with van der Waals surface area (Å²) in [5.74, 6) is 1.01. The van der Waals surface area contributed by atoms with Crippen molar-refractivity contribution in [3.8, 4) is 29.1 Å². The number of carboxylic acid groups (broad SMARTS) is 1. The van der Waals surface area contributed by atoms with Crippen molar-refractivity contribution in [1.82, 2.24) is 39.9 Å². The van der Waals surface area contributed by atoms with Crippen LogP contribution in [0.3, 0.4) is 0 Å². The first-order valence-electron chi connectivity index (χ1n) is 33.0. The van der Waals surface area contributed by atoms with Crippen LogP contribution in [0.5, 0.6) is 11.8 Å². The quantitative estimate of drug-likeness (QED) is 0.0536. The Morgan fingerprint density at radius 2 is 1.53 bits per heavy atom. The Labute approximate surface area is 549 Å². The molecule has 4 fully saturated rings. The fourth-order valence-corrected chi connectivity index (χ4v) is 14.7. The second-order valence-electron chi connectivity index (χ2n) is 26.1. The Kier molecular flexibility index (Phi) is 21.8. The van der Waals surface area contributed by atoms with Gasteiger partial charge in [-0.25, -0.2) is 14.6 Å². The monoisotopic (exact) mass is 1290 g/mol. The normalized spacial score (nSPS) is 20.3. The Balaban J connectivity index is 0.627. The topological polar surface area (TPSA) is 238 Å². The lowest BCUT2D eigenvalue weighted by Gasteiger charge is -2.41. The fourth-order valence-electron chi connectivity index (χ4n) is 13.7. The summed E-state index contributed by atoms with van der Waals surface area (Å²) in [5.41, 5.74) is 4.12. The highest BCUT2D eigenvalue weighted by Gasteiger charge is 2.42. The lowest BCUT2D eigenvalue weighted by atomic mass is 9.83. The number of aromatic nitrogens is 3. The van der Waals surface area contributed by atoms with Gasteiger partial charge in [-0.3, -0.25) is 19.4 Å². The molecule has 6 heterocycles. The molecule has 3 saturated heterocycles. The molecule has 496 valence electrons. The number of carbonyl (C=O) groups excluding carboxylic acids is 3. The van der Waals surface area contributed by atoms with E-state index in [1.54, 1.807) is 46.1 Å². The second kappa shape index (κ2) is 30.5. The SMILES string of the molecule is CC(C(=O)NC(C(=O)N1CCCC1c1nc(-c2ccc(OCCOCCOCCO[C@@H]3C[C@@H](COc4nc5c(c(N6CCN(C(=O)O)C(CC#N)C6)n4)CCN(c4cccc6ccccc46)C5)N(C)C3)c3ccccc23)cs1)C1CCCCC1)N(C)C(=O)OC(C)(C)C. The molecule has 93 heavy (non-hydrogen) atoms. The zero-order chi connectivity index (χ0) is 65.2. The van der Waals surface area contributed by atoms with Gasteiger partial charge < -0.3 is 58.4 Å². The molecule has 22 nitrogen and oxygen atoms in total. The van der Waals surface area contributed by atoms with Gasteiger partial charge in [-0.2, -0.15) is 15.2 Å². The van der Waals surface area contributed by atoms with E-state index in [0.717, 1.165) is 120 Å². The van der Waals surface area contributed by atoms with E-state index >= 15 is 0 Å². The molecule has 4 unspecified atom stereocenters. The van der Waals surface area contributed by atoms with Crippen molar-refractivity contribution in [2.75, 3.05) is 109 Å². The molecule has 6 atom stereocenters. The molecule has 4 aliphatic heterocycles. The molecule has 2 aromatic heterocycles. The van der Waals surface area contributed by atoms with Gasteiger partial charge >= 0.3 is 18.2 Å². The number of nitrogens with one attached hydrogen (secondary N) is 1. The molecule has 2 N–H and O–H groups in total. The van der Waals surface area contributed by atoms with Crippen LogP contribution in [-0.4, -0.2) is 199 Å². The lowest BCUT2D eigenvalue weighted by molar-refractivity contribution is -0.140. The van der Waals surface area contributed by atoms with Crippen molar-refractivity contribution in [3.63, 3.8) is 0 Å². The third kappa shape index (κ3) is 16.0. The van der Waals surface area contributed by atoms with Gasteiger partial charge in [0, 0.05) is 85.3 Å². The average molecular weight is 1290 g/mol. The molecule has 0 radical (unpaired) electrons. The van der Waals surface area contributed by atoms with E-state index in [1.807, 2.05) is 35.2 Å². The molecular formula is C70H89N11O11S. The van der Waals surface area contributed by atoms with Crippen molar-refractivity contribution in [2.45, 2.75) is 140 Å². The van der Waals surface area contributed by atoms with Crippen molar-refractivity contribution >= 4 is 68.4 Å². The minimum absolute atomic E-state index is 0.00166. The average Bonchev–Trinajstić information content (AvgIpc) is 1.46. The maximum absolute atomic E-state index is 14.7. The standard InChI is InChI=1S/C70H89N11O11S/c1-46(77(6)69(86)92-70(2,3)4)64(82)74-62(48-17-8-7-9-18-48)66(83)81-30-15-24-60(81)65-72-58(45-93-65)54-25-26-61(55-22-13-12-21-53(54)55)90-39-37-88-35-34-87-36-38-89-51-40-50(76(5)42-51)44-91-67-73-57-43-78(59-23-14-19-47-16-10-11-20-52(47)59)31-28-56(57)63(75-67)79-32-33-80(68(84)85)49(41-79)27-29-71/h10-14,16,19-23,25-26,45-46,48-51,60,62H,7-9,15,17-18,24,27-28,30-44H2,1-6H3,(H,74,82)(H,84,85)/t46?,49?,50-,51+,60?,62?/m0/s1. The molecule has 0 bridgehead atoms. The maximum Gasteiger partial charge on any atom is 0.410 e. The van der Waals surface area contributed by atoms with E-state index in [0.29, 0.717) is 78.8 Å². The van der Waals surface area contributed by atoms with Crippen LogP contribution >= 0.6 is 11.3 Å². The number of hydrogen-bond donors (Lipinski definition) is 2. The summed E-state index contributed by atoms with van der Waals surface area (Å²) in [6.07, 6.45) is 6.33. The Bertz CT molecular complexity index is 3620. The van der Waals surface area contributed by atoms with Crippen LogP contribution in [0.25, 0.3) is 32.8 Å². The summed E-state index contributed by atoms with van der Waals surface area (Å²) < 4.78 is 36.5. The number of anilines is 2. The molecular weight excluding hydrogens is 1200 g/mol. The number of ether oxygens (including phenoxy) is 6. The predicted octanol–water partition coefficient (Wildman–Crippen LogP) is 10.1. The van der Waals surface area contributed by atoms with Gasteiger partial charge in [0.25, 0.3) is 0 Å². The predicted molar refractivity (Wildman–Crippen MR) is 356 cm³/mol. The summed E-state index contributed by atoms with van der Waals surface area (Å²) in [6.45, 7) is 13.5. The molecule has 6 aromatic rings. The minimum atomic E-state index is -1.02. The van der Waals surface area contributed by atoms with E-state index in [1.165, 1.54) is 20.6 Å². The molecule has 4 aromatic carbocycles. The number of thiazole rings is 1. The molecule has 0 spiro atoms. The van der Waals surface area contributed by atoms with Crippen LogP contribution < -0.4 is 24.6 Å². The van der Waals surface area contributed by atoms with Gasteiger partial charge in [0.05, 0.1) is 81.6 Å². The number of likely N-dealkylation sites (tertiary alicyclic amines) is 2. The first-order valence-corrected chi connectivity index (χ1v) is 33.9. The summed E-state index contributed by atoms with van der Waals surface area (Å²) >= 11 is 1.55. The highest BCUT2D eigenvalue weighted by Crippen LogP contribution is 2.41. The van der Waals surface area contributed by atoms with E-state index < -0.39 is 35.9 Å². The largest absolute Gasteiger partial charge is 0.491 e. The lowest BCUT2D eigenvalue weighted by Crippen LogP contribution is -2.56. The summed E-state index contributed by atoms with van der Waals surface area (Å²) in [7, 11) is 3.62. The van der Waals surface area contributed by atoms with Crippen LogP contribution in [-0.2, 0) is 41.5 Å². The number of amides is 4. The van der Waals surface area contributed by atoms with E-state index in [4.69, 9.17) is 43.4 Å². The Morgan fingerprint density at radius 1 is 0.785 bits per heavy atom. The molecule has 23 heteroatoms. The van der Waals surface area contributed by atoms with Crippen LogP contribution in [0.15, 0.2) is 84.2 Å². The van der Waals surface area contributed by atoms with Gasteiger partial charge in [-0.1, -0.05) is 79.9 Å².